The van der Waals surface area contributed by atoms with Gasteiger partial charge in [-0.05, 0) is 37.5 Å². The molecule has 0 saturated carbocycles. The van der Waals surface area contributed by atoms with Crippen LogP contribution in [0.3, 0.4) is 0 Å². The van der Waals surface area contributed by atoms with E-state index in [2.05, 4.69) is 20.5 Å². The predicted octanol–water partition coefficient (Wildman–Crippen LogP) is 2.60. The summed E-state index contributed by atoms with van der Waals surface area (Å²) >= 11 is 0. The van der Waals surface area contributed by atoms with E-state index in [0.717, 1.165) is 31.5 Å². The number of nitrogens with zero attached hydrogens (tertiary/aromatic N) is 3. The zero-order chi connectivity index (χ0) is 22.1. The number of piperidine rings is 1. The molecule has 2 fully saturated rings. The van der Waals surface area contributed by atoms with Crippen LogP contribution in [0.25, 0.3) is 0 Å². The Labute approximate surface area is 206 Å². The number of hydrogen-bond donors (Lipinski definition) is 2. The van der Waals surface area contributed by atoms with Crippen LogP contribution < -0.4 is 10.6 Å². The smallest absolute Gasteiger partial charge is 0.409 e. The number of halogens is 2. The molecule has 1 aromatic carbocycles. The minimum absolute atomic E-state index is 0. The number of carbonyl (C=O) groups is 1. The van der Waals surface area contributed by atoms with Gasteiger partial charge in [-0.2, -0.15) is 0 Å². The van der Waals surface area contributed by atoms with Gasteiger partial charge in [-0.1, -0.05) is 12.1 Å². The van der Waals surface area contributed by atoms with Gasteiger partial charge in [-0.3, -0.25) is 9.89 Å². The van der Waals surface area contributed by atoms with Crippen LogP contribution in [0.15, 0.2) is 29.3 Å². The van der Waals surface area contributed by atoms with E-state index in [1.165, 1.54) is 6.07 Å². The molecule has 1 atom stereocenters. The highest BCUT2D eigenvalue weighted by molar-refractivity contribution is 14.0. The van der Waals surface area contributed by atoms with Gasteiger partial charge in [0.2, 0.25) is 0 Å². The number of aliphatic imine (C=N–C) groups is 1. The normalized spacial score (nSPS) is 19.1. The molecule has 0 aliphatic carbocycles. The molecule has 0 radical (unpaired) electrons. The molecule has 0 bridgehead atoms. The molecule has 1 amide bonds. The van der Waals surface area contributed by atoms with Gasteiger partial charge in [0, 0.05) is 45.8 Å². The monoisotopic (exact) mass is 563 g/mol. The molecule has 2 aliphatic heterocycles. The summed E-state index contributed by atoms with van der Waals surface area (Å²) in [5.74, 6) is 0.482. The second-order valence-corrected chi connectivity index (χ2v) is 7.78. The second kappa shape index (κ2) is 13.8. The van der Waals surface area contributed by atoms with Crippen LogP contribution in [-0.4, -0.2) is 87.5 Å². The van der Waals surface area contributed by atoms with Crippen LogP contribution in [0.2, 0.25) is 0 Å². The number of rotatable bonds is 6. The Hall–Kier alpha value is -1.66. The Bertz CT molecular complexity index is 740. The number of nitrogens with one attached hydrogen (secondary N) is 2. The maximum atomic E-state index is 13.9. The topological polar surface area (TPSA) is 78.4 Å². The summed E-state index contributed by atoms with van der Waals surface area (Å²) < 4.78 is 24.4. The maximum absolute atomic E-state index is 13.9. The summed E-state index contributed by atoms with van der Waals surface area (Å²) in [6.07, 6.45) is 1.42. The SMILES string of the molecule is CCOC(=O)N1CCC(NC(=NC)NCC(c2cccc(F)c2)N2CCOCC2)CC1.I. The van der Waals surface area contributed by atoms with Gasteiger partial charge in [0.15, 0.2) is 5.96 Å². The van der Waals surface area contributed by atoms with Crippen molar-refractivity contribution in [1.82, 2.24) is 20.4 Å². The lowest BCUT2D eigenvalue weighted by atomic mass is 10.0. The number of morpholine rings is 1. The van der Waals surface area contributed by atoms with E-state index >= 15 is 0 Å². The van der Waals surface area contributed by atoms with Crippen LogP contribution in [0.4, 0.5) is 9.18 Å². The molecule has 10 heteroatoms. The number of hydrogen-bond acceptors (Lipinski definition) is 5. The number of amides is 1. The first-order valence-electron chi connectivity index (χ1n) is 11.1. The van der Waals surface area contributed by atoms with E-state index in [9.17, 15) is 9.18 Å². The fourth-order valence-electron chi connectivity index (χ4n) is 4.06. The van der Waals surface area contributed by atoms with Gasteiger partial charge in [0.25, 0.3) is 0 Å². The van der Waals surface area contributed by atoms with Gasteiger partial charge in [-0.25, -0.2) is 9.18 Å². The molecule has 3 rings (SSSR count). The summed E-state index contributed by atoms with van der Waals surface area (Å²) in [5, 5.41) is 6.88. The van der Waals surface area contributed by atoms with Crippen molar-refractivity contribution in [2.24, 2.45) is 4.99 Å². The molecule has 2 saturated heterocycles. The molecule has 2 N–H and O–H groups in total. The zero-order valence-corrected chi connectivity index (χ0v) is 21.2. The van der Waals surface area contributed by atoms with Crippen LogP contribution in [0, 0.1) is 5.82 Å². The number of carbonyl (C=O) groups excluding carboxylic acids is 1. The Balaban J connectivity index is 0.00000363. The van der Waals surface area contributed by atoms with E-state index in [1.807, 2.05) is 13.0 Å². The first kappa shape index (κ1) is 26.6. The second-order valence-electron chi connectivity index (χ2n) is 7.78. The molecule has 0 aromatic heterocycles. The number of ether oxygens (including phenoxy) is 2. The first-order chi connectivity index (χ1) is 15.1. The summed E-state index contributed by atoms with van der Waals surface area (Å²) in [7, 11) is 1.75. The largest absolute Gasteiger partial charge is 0.450 e. The minimum atomic E-state index is -0.244. The van der Waals surface area contributed by atoms with Crippen LogP contribution in [-0.2, 0) is 9.47 Å². The summed E-state index contributed by atoms with van der Waals surface area (Å²) in [5.41, 5.74) is 0.938. The van der Waals surface area contributed by atoms with Crippen molar-refractivity contribution in [2.75, 3.05) is 59.6 Å². The third kappa shape index (κ3) is 7.73. The molecule has 1 aromatic rings. The summed E-state index contributed by atoms with van der Waals surface area (Å²) in [6.45, 7) is 7.10. The van der Waals surface area contributed by atoms with Gasteiger partial charge in [-0.15, -0.1) is 24.0 Å². The van der Waals surface area contributed by atoms with Crippen molar-refractivity contribution in [3.05, 3.63) is 35.6 Å². The zero-order valence-electron chi connectivity index (χ0n) is 18.9. The van der Waals surface area contributed by atoms with Gasteiger partial charge < -0.3 is 25.0 Å². The van der Waals surface area contributed by atoms with Gasteiger partial charge >= 0.3 is 6.09 Å². The molecule has 8 nitrogen and oxygen atoms in total. The molecule has 32 heavy (non-hydrogen) atoms. The van der Waals surface area contributed by atoms with Crippen LogP contribution in [0.5, 0.6) is 0 Å². The maximum Gasteiger partial charge on any atom is 0.409 e. The van der Waals surface area contributed by atoms with Crippen molar-refractivity contribution in [3.8, 4) is 0 Å². The highest BCUT2D eigenvalue weighted by Crippen LogP contribution is 2.22. The lowest BCUT2D eigenvalue weighted by molar-refractivity contribution is 0.0169. The van der Waals surface area contributed by atoms with E-state index in [4.69, 9.17) is 9.47 Å². The Morgan fingerprint density at radius 3 is 2.62 bits per heavy atom. The molecule has 0 spiro atoms. The molecule has 180 valence electrons. The highest BCUT2D eigenvalue weighted by Gasteiger charge is 2.26. The van der Waals surface area contributed by atoms with E-state index in [-0.39, 0.29) is 48.0 Å². The molecule has 1 unspecified atom stereocenters. The van der Waals surface area contributed by atoms with E-state index in [1.54, 1.807) is 24.1 Å². The Morgan fingerprint density at radius 1 is 1.28 bits per heavy atom. The van der Waals surface area contributed by atoms with Crippen molar-refractivity contribution < 1.29 is 18.7 Å². The average molecular weight is 563 g/mol. The molecular formula is C22H35FIN5O3. The number of benzene rings is 1. The third-order valence-corrected chi connectivity index (χ3v) is 5.77. The minimum Gasteiger partial charge on any atom is -0.450 e. The van der Waals surface area contributed by atoms with E-state index in [0.29, 0.717) is 45.4 Å². The van der Waals surface area contributed by atoms with Crippen molar-refractivity contribution in [1.29, 1.82) is 0 Å². The van der Waals surface area contributed by atoms with Crippen LogP contribution >= 0.6 is 24.0 Å². The number of guanidine groups is 1. The van der Waals surface area contributed by atoms with Crippen LogP contribution in [0.1, 0.15) is 31.4 Å². The quantitative estimate of drug-likeness (QED) is 0.315. The first-order valence-corrected chi connectivity index (χ1v) is 11.1. The standard InChI is InChI=1S/C22H34FN5O3.HI/c1-3-31-22(29)28-9-7-19(8-10-28)26-21(24-2)25-16-20(27-11-13-30-14-12-27)17-5-4-6-18(23)15-17;/h4-6,15,19-20H,3,7-14,16H2,1-2H3,(H2,24,25,26);1H. The van der Waals surface area contributed by atoms with E-state index < -0.39 is 0 Å². The fraction of sp³-hybridized carbons (Fsp3) is 0.636. The van der Waals surface area contributed by atoms with Crippen molar-refractivity contribution in [3.63, 3.8) is 0 Å². The van der Waals surface area contributed by atoms with Crippen molar-refractivity contribution >= 4 is 36.0 Å². The fourth-order valence-corrected chi connectivity index (χ4v) is 4.06. The number of likely N-dealkylation sites (tertiary alicyclic amines) is 1. The third-order valence-electron chi connectivity index (χ3n) is 5.77. The Kier molecular flexibility index (Phi) is 11.5. The van der Waals surface area contributed by atoms with Gasteiger partial charge in [0.05, 0.1) is 25.9 Å². The predicted molar refractivity (Wildman–Crippen MR) is 133 cm³/mol. The summed E-state index contributed by atoms with van der Waals surface area (Å²) in [4.78, 5) is 20.3. The summed E-state index contributed by atoms with van der Waals surface area (Å²) in [6, 6.07) is 7.03. The molecule has 2 aliphatic rings. The Morgan fingerprint density at radius 2 is 2.00 bits per heavy atom. The van der Waals surface area contributed by atoms with Gasteiger partial charge in [0.1, 0.15) is 5.82 Å². The van der Waals surface area contributed by atoms with Crippen molar-refractivity contribution in [2.45, 2.75) is 31.8 Å². The lowest BCUT2D eigenvalue weighted by Gasteiger charge is -2.36. The average Bonchev–Trinajstić information content (AvgIpc) is 2.80. The highest BCUT2D eigenvalue weighted by atomic mass is 127. The molecule has 2 heterocycles. The lowest BCUT2D eigenvalue weighted by Crippen LogP contribution is -2.51. The molecular weight excluding hydrogens is 528 g/mol.